The van der Waals surface area contributed by atoms with Crippen LogP contribution in [0.15, 0.2) is 29.3 Å². The minimum Gasteiger partial charge on any atom is -0.454 e. The van der Waals surface area contributed by atoms with Gasteiger partial charge in [0.1, 0.15) is 17.1 Å². The Balaban J connectivity index is 0.00000167. The van der Waals surface area contributed by atoms with Gasteiger partial charge in [-0.2, -0.15) is 5.10 Å². The predicted octanol–water partition coefficient (Wildman–Crippen LogP) is 4.70. The minimum atomic E-state index is -0.354. The number of amides is 2. The maximum absolute atomic E-state index is 12.6. The Morgan fingerprint density at radius 2 is 1.51 bits per heavy atom. The first kappa shape index (κ1) is 25.5. The second-order valence-corrected chi connectivity index (χ2v) is 8.11. The van der Waals surface area contributed by atoms with Gasteiger partial charge in [-0.1, -0.05) is 13.8 Å². The molecule has 0 fully saturated rings. The third kappa shape index (κ3) is 4.51. The summed E-state index contributed by atoms with van der Waals surface area (Å²) in [7, 11) is 5.14. The number of aryl methyl sites for hydroxylation is 3. The van der Waals surface area contributed by atoms with E-state index in [0.29, 0.717) is 28.5 Å². The lowest BCUT2D eigenvalue weighted by atomic mass is 9.97. The summed E-state index contributed by atoms with van der Waals surface area (Å²) in [6, 6.07) is 3.12. The lowest BCUT2D eigenvalue weighted by molar-refractivity contribution is 0.262. The number of rotatable bonds is 4. The SMILES string of the molecule is CC.Cc1c(C)c(Oc2ccnc3c2n(C)c(=O)n3C)c(C)c(C)c1NC(=O)Nc1ccnn1C. The van der Waals surface area contributed by atoms with Gasteiger partial charge in [0, 0.05) is 45.2 Å². The largest absolute Gasteiger partial charge is 0.454 e. The molecular weight excluding hydrogens is 446 g/mol. The van der Waals surface area contributed by atoms with Crippen LogP contribution in [0.25, 0.3) is 11.2 Å². The first-order chi connectivity index (χ1) is 16.6. The summed E-state index contributed by atoms with van der Waals surface area (Å²) >= 11 is 0. The average Bonchev–Trinajstić information content (AvgIpc) is 3.35. The number of anilines is 2. The molecule has 35 heavy (non-hydrogen) atoms. The fraction of sp³-hybridized carbons (Fsp3) is 0.360. The second-order valence-electron chi connectivity index (χ2n) is 8.11. The van der Waals surface area contributed by atoms with E-state index in [1.807, 2.05) is 41.5 Å². The highest BCUT2D eigenvalue weighted by molar-refractivity contribution is 6.00. The summed E-state index contributed by atoms with van der Waals surface area (Å²) in [5, 5.41) is 9.82. The first-order valence-electron chi connectivity index (χ1n) is 11.5. The number of nitrogens with zero attached hydrogens (tertiary/aromatic N) is 5. The van der Waals surface area contributed by atoms with Crippen LogP contribution in [0, 0.1) is 27.7 Å². The van der Waals surface area contributed by atoms with Crippen molar-refractivity contribution in [3.05, 3.63) is 57.3 Å². The number of ether oxygens (including phenoxy) is 1. The van der Waals surface area contributed by atoms with E-state index in [-0.39, 0.29) is 11.7 Å². The summed E-state index contributed by atoms with van der Waals surface area (Å²) in [5.74, 6) is 1.82. The number of hydrogen-bond acceptors (Lipinski definition) is 5. The van der Waals surface area contributed by atoms with Crippen LogP contribution in [0.2, 0.25) is 0 Å². The number of benzene rings is 1. The molecule has 186 valence electrons. The minimum absolute atomic E-state index is 0.173. The first-order valence-corrected chi connectivity index (χ1v) is 11.5. The van der Waals surface area contributed by atoms with Gasteiger partial charge >= 0.3 is 11.7 Å². The summed E-state index contributed by atoms with van der Waals surface area (Å²) in [5.41, 5.74) is 5.28. The van der Waals surface area contributed by atoms with Gasteiger partial charge in [-0.05, 0) is 49.9 Å². The molecule has 3 aromatic heterocycles. The molecule has 0 saturated carbocycles. The van der Waals surface area contributed by atoms with E-state index in [0.717, 1.165) is 27.9 Å². The van der Waals surface area contributed by atoms with Crippen molar-refractivity contribution in [1.29, 1.82) is 0 Å². The van der Waals surface area contributed by atoms with E-state index >= 15 is 0 Å². The summed E-state index contributed by atoms with van der Waals surface area (Å²) in [6.45, 7) is 11.8. The van der Waals surface area contributed by atoms with E-state index in [2.05, 4.69) is 20.7 Å². The van der Waals surface area contributed by atoms with E-state index in [9.17, 15) is 9.59 Å². The summed E-state index contributed by atoms with van der Waals surface area (Å²) < 4.78 is 11.0. The van der Waals surface area contributed by atoms with Crippen LogP contribution in [-0.4, -0.2) is 29.9 Å². The highest BCUT2D eigenvalue weighted by Crippen LogP contribution is 2.39. The fourth-order valence-electron chi connectivity index (χ4n) is 3.97. The van der Waals surface area contributed by atoms with Crippen LogP contribution in [0.3, 0.4) is 0 Å². The van der Waals surface area contributed by atoms with E-state index in [1.54, 1.807) is 50.4 Å². The molecule has 0 saturated heterocycles. The molecule has 2 N–H and O–H groups in total. The third-order valence-electron chi connectivity index (χ3n) is 6.16. The van der Waals surface area contributed by atoms with Crippen molar-refractivity contribution in [2.75, 3.05) is 10.6 Å². The van der Waals surface area contributed by atoms with Gasteiger partial charge < -0.3 is 10.1 Å². The molecule has 0 aliphatic heterocycles. The van der Waals surface area contributed by atoms with Gasteiger partial charge in [-0.25, -0.2) is 14.6 Å². The number of fused-ring (bicyclic) bond motifs is 1. The molecule has 2 amide bonds. The van der Waals surface area contributed by atoms with Gasteiger partial charge in [0.05, 0.1) is 6.20 Å². The van der Waals surface area contributed by atoms with E-state index < -0.39 is 0 Å². The number of hydrogen-bond donors (Lipinski definition) is 2. The zero-order chi connectivity index (χ0) is 26.0. The number of pyridine rings is 1. The number of carbonyl (C=O) groups is 1. The lowest BCUT2D eigenvalue weighted by Crippen LogP contribution is -2.22. The average molecular weight is 480 g/mol. The van der Waals surface area contributed by atoms with Gasteiger partial charge in [0.15, 0.2) is 11.4 Å². The normalized spacial score (nSPS) is 10.7. The number of aromatic nitrogens is 5. The number of nitrogens with one attached hydrogen (secondary N) is 2. The zero-order valence-electron chi connectivity index (χ0n) is 21.8. The molecule has 1 aromatic carbocycles. The van der Waals surface area contributed by atoms with Crippen molar-refractivity contribution in [3.63, 3.8) is 0 Å². The number of imidazole rings is 1. The Morgan fingerprint density at radius 1 is 0.886 bits per heavy atom. The van der Waals surface area contributed by atoms with Crippen LogP contribution in [0.5, 0.6) is 11.5 Å². The van der Waals surface area contributed by atoms with Gasteiger partial charge in [0.25, 0.3) is 0 Å². The van der Waals surface area contributed by atoms with E-state index in [1.165, 1.54) is 9.13 Å². The molecule has 0 radical (unpaired) electrons. The Labute approximate surface area is 204 Å². The van der Waals surface area contributed by atoms with Crippen molar-refractivity contribution < 1.29 is 9.53 Å². The molecule has 10 heteroatoms. The summed E-state index contributed by atoms with van der Waals surface area (Å²) in [4.78, 5) is 29.3. The van der Waals surface area contributed by atoms with Gasteiger partial charge in [-0.15, -0.1) is 0 Å². The van der Waals surface area contributed by atoms with Gasteiger partial charge in [-0.3, -0.25) is 19.1 Å². The van der Waals surface area contributed by atoms with Crippen LogP contribution in [0.1, 0.15) is 36.1 Å². The number of carbonyl (C=O) groups excluding carboxylic acids is 1. The quantitative estimate of drug-likeness (QED) is 0.441. The van der Waals surface area contributed by atoms with E-state index in [4.69, 9.17) is 4.74 Å². The maximum Gasteiger partial charge on any atom is 0.329 e. The topological polar surface area (TPSA) is 108 Å². The van der Waals surface area contributed by atoms with Crippen LogP contribution < -0.4 is 21.1 Å². The van der Waals surface area contributed by atoms with Crippen molar-refractivity contribution in [3.8, 4) is 11.5 Å². The molecule has 0 aliphatic rings. The smallest absolute Gasteiger partial charge is 0.329 e. The Morgan fingerprint density at radius 3 is 2.09 bits per heavy atom. The standard InChI is InChI=1S/C23H27N7O3.C2H6/c1-12-14(3)20(33-16-8-10-24-21-19(16)28(5)23(32)29(21)6)15(4)13(2)18(12)27-22(31)26-17-9-11-25-30(17)7;1-2/h8-11H,1-7H3,(H2,26,27,31);1-2H3. The van der Waals surface area contributed by atoms with Crippen molar-refractivity contribution >= 4 is 28.7 Å². The van der Waals surface area contributed by atoms with Gasteiger partial charge in [0.2, 0.25) is 0 Å². The zero-order valence-corrected chi connectivity index (χ0v) is 21.8. The van der Waals surface area contributed by atoms with Crippen LogP contribution >= 0.6 is 0 Å². The molecule has 3 heterocycles. The molecule has 10 nitrogen and oxygen atoms in total. The highest BCUT2D eigenvalue weighted by Gasteiger charge is 2.21. The van der Waals surface area contributed by atoms with Crippen molar-refractivity contribution in [2.45, 2.75) is 41.5 Å². The molecule has 0 spiro atoms. The number of urea groups is 1. The highest BCUT2D eigenvalue weighted by atomic mass is 16.5. The Hall–Kier alpha value is -4.08. The van der Waals surface area contributed by atoms with Crippen LogP contribution in [0.4, 0.5) is 16.3 Å². The summed E-state index contributed by atoms with van der Waals surface area (Å²) in [6.07, 6.45) is 3.24. The third-order valence-corrected chi connectivity index (χ3v) is 6.16. The van der Waals surface area contributed by atoms with Crippen molar-refractivity contribution in [2.24, 2.45) is 21.1 Å². The molecule has 4 aromatic rings. The lowest BCUT2D eigenvalue weighted by Gasteiger charge is -2.21. The Kier molecular flexibility index (Phi) is 7.33. The van der Waals surface area contributed by atoms with Crippen molar-refractivity contribution in [1.82, 2.24) is 23.9 Å². The fourth-order valence-corrected chi connectivity index (χ4v) is 3.97. The van der Waals surface area contributed by atoms with Crippen LogP contribution in [-0.2, 0) is 21.1 Å². The monoisotopic (exact) mass is 479 g/mol. The maximum atomic E-state index is 12.6. The molecule has 0 atom stereocenters. The molecule has 4 rings (SSSR count). The Bertz CT molecular complexity index is 1430. The second kappa shape index (κ2) is 10.0. The molecule has 0 bridgehead atoms. The predicted molar refractivity (Wildman–Crippen MR) is 139 cm³/mol. The molecular formula is C25H33N7O3. The molecule has 0 aliphatic carbocycles. The molecule has 0 unspecified atom stereocenters.